The van der Waals surface area contributed by atoms with Crippen LogP contribution in [0.15, 0.2) is 0 Å². The van der Waals surface area contributed by atoms with E-state index < -0.39 is 0 Å². The maximum absolute atomic E-state index is 6.61. The molecule has 44 valence electrons. The van der Waals surface area contributed by atoms with Gasteiger partial charge >= 0.3 is 6.17 Å². The van der Waals surface area contributed by atoms with Crippen molar-refractivity contribution in [3.05, 3.63) is 11.4 Å². The van der Waals surface area contributed by atoms with Crippen LogP contribution in [0.1, 0.15) is 0 Å². The van der Waals surface area contributed by atoms with Crippen molar-refractivity contribution < 1.29 is 10.1 Å². The van der Waals surface area contributed by atoms with Crippen LogP contribution in [0, 0.1) is 6.57 Å². The Kier molecular flexibility index (Phi) is 1.84. The molecule has 0 bridgehead atoms. The first-order chi connectivity index (χ1) is 3.93. The van der Waals surface area contributed by atoms with Gasteiger partial charge in [0.25, 0.3) is 0 Å². The van der Waals surface area contributed by atoms with Gasteiger partial charge in [-0.15, -0.1) is 0 Å². The van der Waals surface area contributed by atoms with Crippen LogP contribution < -0.4 is 5.32 Å². The van der Waals surface area contributed by atoms with Crippen LogP contribution in [0.4, 0.5) is 0 Å². The number of quaternary nitrogens is 1. The van der Waals surface area contributed by atoms with Crippen molar-refractivity contribution in [1.82, 2.24) is 0 Å². The lowest BCUT2D eigenvalue weighted by atomic mass is 10.4. The third-order valence-electron chi connectivity index (χ3n) is 1.16. The Bertz CT molecular complexity index is 101. The number of nitrogens with zero attached hydrogens (tertiary/aromatic N) is 1. The Morgan fingerprint density at radius 1 is 1.75 bits per heavy atom. The van der Waals surface area contributed by atoms with Crippen molar-refractivity contribution >= 4 is 0 Å². The zero-order valence-electron chi connectivity index (χ0n) is 4.63. The molecule has 2 N–H and O–H groups in total. The highest BCUT2D eigenvalue weighted by Gasteiger charge is 2.18. The smallest absolute Gasteiger partial charge is 0.361 e. The molecule has 3 heteroatoms. The van der Waals surface area contributed by atoms with E-state index in [4.69, 9.17) is 11.3 Å². The van der Waals surface area contributed by atoms with E-state index in [1.54, 1.807) is 0 Å². The van der Waals surface area contributed by atoms with E-state index in [-0.39, 0.29) is 6.17 Å². The molecule has 0 aromatic heterocycles. The number of rotatable bonds is 0. The summed E-state index contributed by atoms with van der Waals surface area (Å²) in [6, 6.07) is 0. The molecule has 3 nitrogen and oxygen atoms in total. The predicted octanol–water partition coefficient (Wildman–Crippen LogP) is -1.17. The van der Waals surface area contributed by atoms with Crippen LogP contribution in [-0.2, 0) is 4.74 Å². The average molecular weight is 113 g/mol. The monoisotopic (exact) mass is 113 g/mol. The van der Waals surface area contributed by atoms with Gasteiger partial charge in [-0.1, -0.05) is 0 Å². The second-order valence-electron chi connectivity index (χ2n) is 1.80. The number of hydrogen-bond acceptors (Lipinski definition) is 1. The fourth-order valence-corrected chi connectivity index (χ4v) is 0.706. The molecule has 0 aromatic carbocycles. The molecular weight excluding hydrogens is 104 g/mol. The van der Waals surface area contributed by atoms with E-state index in [1.165, 1.54) is 0 Å². The third-order valence-corrected chi connectivity index (χ3v) is 1.16. The maximum atomic E-state index is 6.61. The summed E-state index contributed by atoms with van der Waals surface area (Å²) in [6.07, 6.45) is 0.0312. The van der Waals surface area contributed by atoms with Crippen LogP contribution in [0.3, 0.4) is 0 Å². The van der Waals surface area contributed by atoms with Crippen molar-refractivity contribution in [2.45, 2.75) is 6.17 Å². The number of hydrogen-bond donors (Lipinski definition) is 1. The summed E-state index contributed by atoms with van der Waals surface area (Å²) in [5.74, 6) is 0. The summed E-state index contributed by atoms with van der Waals surface area (Å²) in [5, 5.41) is 2.01. The lowest BCUT2D eigenvalue weighted by Crippen LogP contribution is -2.92. The van der Waals surface area contributed by atoms with Crippen molar-refractivity contribution in [3.8, 4) is 0 Å². The standard InChI is InChI=1S/C5H8N2O/c1-6-5-4-8-3-2-7-5/h5,7H,2-4H2/p+1. The number of ether oxygens (including phenoxy) is 1. The second-order valence-corrected chi connectivity index (χ2v) is 1.80. The van der Waals surface area contributed by atoms with Crippen molar-refractivity contribution in [3.63, 3.8) is 0 Å². The molecule has 1 aliphatic rings. The first kappa shape index (κ1) is 5.54. The van der Waals surface area contributed by atoms with Gasteiger partial charge in [-0.05, 0) is 0 Å². The Morgan fingerprint density at radius 3 is 3.00 bits per heavy atom. The van der Waals surface area contributed by atoms with Gasteiger partial charge in [0.15, 0.2) is 6.61 Å². The minimum Gasteiger partial charge on any atom is -0.361 e. The number of morpholine rings is 1. The Labute approximate surface area is 48.5 Å². The topological polar surface area (TPSA) is 30.2 Å². The molecule has 1 aliphatic heterocycles. The normalized spacial score (nSPS) is 29.1. The van der Waals surface area contributed by atoms with E-state index >= 15 is 0 Å². The van der Waals surface area contributed by atoms with Crippen LogP contribution in [-0.4, -0.2) is 25.9 Å². The van der Waals surface area contributed by atoms with Crippen LogP contribution in [0.25, 0.3) is 4.85 Å². The summed E-state index contributed by atoms with van der Waals surface area (Å²) in [6.45, 7) is 8.95. The molecule has 0 spiro atoms. The first-order valence-corrected chi connectivity index (χ1v) is 2.71. The van der Waals surface area contributed by atoms with Crippen LogP contribution in [0.2, 0.25) is 0 Å². The summed E-state index contributed by atoms with van der Waals surface area (Å²) >= 11 is 0. The van der Waals surface area contributed by atoms with E-state index in [1.807, 2.05) is 5.32 Å². The molecule has 0 radical (unpaired) electrons. The van der Waals surface area contributed by atoms with E-state index in [0.29, 0.717) is 6.61 Å². The van der Waals surface area contributed by atoms with Gasteiger partial charge in [-0.2, -0.15) is 0 Å². The molecule has 0 aromatic rings. The van der Waals surface area contributed by atoms with Gasteiger partial charge in [0.2, 0.25) is 0 Å². The zero-order valence-corrected chi connectivity index (χ0v) is 4.63. The van der Waals surface area contributed by atoms with Gasteiger partial charge < -0.3 is 4.74 Å². The SMILES string of the molecule is [C-]#[N+]C1COCC[NH2+]1. The fourth-order valence-electron chi connectivity index (χ4n) is 0.706. The van der Waals surface area contributed by atoms with Crippen LogP contribution >= 0.6 is 0 Å². The second kappa shape index (κ2) is 2.65. The minimum absolute atomic E-state index is 0.0312. The summed E-state index contributed by atoms with van der Waals surface area (Å²) in [7, 11) is 0. The maximum Gasteiger partial charge on any atom is 0.368 e. The average Bonchev–Trinajstić information content (AvgIpc) is 1.90. The molecule has 1 atom stereocenters. The molecule has 1 fully saturated rings. The van der Waals surface area contributed by atoms with Crippen molar-refractivity contribution in [2.24, 2.45) is 0 Å². The third kappa shape index (κ3) is 1.19. The van der Waals surface area contributed by atoms with Gasteiger partial charge in [0.05, 0.1) is 6.61 Å². The molecule has 8 heavy (non-hydrogen) atoms. The highest BCUT2D eigenvalue weighted by Crippen LogP contribution is 1.83. The van der Waals surface area contributed by atoms with E-state index in [0.717, 1.165) is 13.2 Å². The molecule has 0 amide bonds. The largest absolute Gasteiger partial charge is 0.368 e. The van der Waals surface area contributed by atoms with E-state index in [2.05, 4.69) is 4.85 Å². The van der Waals surface area contributed by atoms with Gasteiger partial charge in [-0.3, -0.25) is 10.2 Å². The fraction of sp³-hybridized carbons (Fsp3) is 0.800. The highest BCUT2D eigenvalue weighted by atomic mass is 16.5. The molecule has 1 heterocycles. The Morgan fingerprint density at radius 2 is 2.62 bits per heavy atom. The summed E-state index contributed by atoms with van der Waals surface area (Å²) in [5.41, 5.74) is 0. The van der Waals surface area contributed by atoms with Crippen molar-refractivity contribution in [2.75, 3.05) is 19.8 Å². The summed E-state index contributed by atoms with van der Waals surface area (Å²) < 4.78 is 5.03. The lowest BCUT2D eigenvalue weighted by Gasteiger charge is -2.10. The van der Waals surface area contributed by atoms with Gasteiger partial charge in [0.1, 0.15) is 6.54 Å². The quantitative estimate of drug-likeness (QED) is 0.394. The molecular formula is C5H9N2O+. The van der Waals surface area contributed by atoms with Crippen LogP contribution in [0.5, 0.6) is 0 Å². The predicted molar refractivity (Wildman–Crippen MR) is 28.0 cm³/mol. The molecule has 1 saturated heterocycles. The lowest BCUT2D eigenvalue weighted by molar-refractivity contribution is -0.695. The zero-order chi connectivity index (χ0) is 5.82. The van der Waals surface area contributed by atoms with Crippen molar-refractivity contribution in [1.29, 1.82) is 0 Å². The Hall–Kier alpha value is -0.590. The molecule has 0 saturated carbocycles. The highest BCUT2D eigenvalue weighted by molar-refractivity contribution is 4.65. The molecule has 0 aliphatic carbocycles. The van der Waals surface area contributed by atoms with E-state index in [9.17, 15) is 0 Å². The van der Waals surface area contributed by atoms with Gasteiger partial charge in [0, 0.05) is 0 Å². The van der Waals surface area contributed by atoms with Gasteiger partial charge in [-0.25, -0.2) is 6.57 Å². The minimum atomic E-state index is 0.0312. The summed E-state index contributed by atoms with van der Waals surface area (Å²) in [4.78, 5) is 3.32. The molecule has 1 unspecified atom stereocenters. The Balaban J connectivity index is 2.25. The molecule has 1 rings (SSSR count). The number of nitrogens with two attached hydrogens (primary N) is 1. The first-order valence-electron chi connectivity index (χ1n) is 2.71.